The molecule has 1 fully saturated rings. The lowest BCUT2D eigenvalue weighted by molar-refractivity contribution is 0.387. The minimum absolute atomic E-state index is 0.398. The molecule has 2 heterocycles. The van der Waals surface area contributed by atoms with Crippen LogP contribution in [0.1, 0.15) is 24.9 Å². The van der Waals surface area contributed by atoms with Crippen LogP contribution in [0.15, 0.2) is 24.5 Å². The Kier molecular flexibility index (Phi) is 3.34. The predicted molar refractivity (Wildman–Crippen MR) is 61.7 cm³/mol. The van der Waals surface area contributed by atoms with Gasteiger partial charge in [0, 0.05) is 31.0 Å². The molecule has 0 radical (unpaired) electrons. The van der Waals surface area contributed by atoms with Crippen molar-refractivity contribution in [2.45, 2.75) is 25.4 Å². The highest BCUT2D eigenvalue weighted by molar-refractivity contribution is 5.13. The maximum Gasteiger partial charge on any atom is 0.0315 e. The third-order valence-electron chi connectivity index (χ3n) is 3.06. The van der Waals surface area contributed by atoms with Crippen molar-refractivity contribution in [1.29, 1.82) is 0 Å². The molecule has 0 aromatic carbocycles. The van der Waals surface area contributed by atoms with E-state index in [1.54, 1.807) is 0 Å². The van der Waals surface area contributed by atoms with Crippen molar-refractivity contribution in [3.05, 3.63) is 30.1 Å². The third-order valence-corrected chi connectivity index (χ3v) is 3.06. The molecular formula is C12H19N3. The zero-order chi connectivity index (χ0) is 10.7. The van der Waals surface area contributed by atoms with Gasteiger partial charge in [0.15, 0.2) is 0 Å². The molecular weight excluding hydrogens is 186 g/mol. The van der Waals surface area contributed by atoms with E-state index in [9.17, 15) is 0 Å². The molecule has 82 valence electrons. The summed E-state index contributed by atoms with van der Waals surface area (Å²) < 4.78 is 0. The molecule has 15 heavy (non-hydrogen) atoms. The van der Waals surface area contributed by atoms with Crippen LogP contribution < -0.4 is 5.32 Å². The fourth-order valence-corrected chi connectivity index (χ4v) is 2.15. The lowest BCUT2D eigenvalue weighted by Gasteiger charge is -2.19. The Morgan fingerprint density at radius 3 is 3.07 bits per heavy atom. The van der Waals surface area contributed by atoms with Gasteiger partial charge in [-0.25, -0.2) is 0 Å². The fraction of sp³-hybridized carbons (Fsp3) is 0.583. The molecule has 1 aromatic heterocycles. The smallest absolute Gasteiger partial charge is 0.0315 e. The maximum atomic E-state index is 4.14. The first-order chi connectivity index (χ1) is 7.25. The average molecular weight is 205 g/mol. The largest absolute Gasteiger partial charge is 0.306 e. The Morgan fingerprint density at radius 1 is 1.60 bits per heavy atom. The van der Waals surface area contributed by atoms with Crippen LogP contribution in [-0.2, 0) is 0 Å². The van der Waals surface area contributed by atoms with E-state index in [1.165, 1.54) is 18.5 Å². The Bertz CT molecular complexity index is 299. The van der Waals surface area contributed by atoms with Crippen LogP contribution in [0.2, 0.25) is 0 Å². The second-order valence-corrected chi connectivity index (χ2v) is 4.42. The Morgan fingerprint density at radius 2 is 2.47 bits per heavy atom. The molecule has 0 bridgehead atoms. The van der Waals surface area contributed by atoms with Crippen LogP contribution in [0.25, 0.3) is 0 Å². The molecule has 3 nitrogen and oxygen atoms in total. The number of hydrogen-bond acceptors (Lipinski definition) is 3. The van der Waals surface area contributed by atoms with Gasteiger partial charge in [0.2, 0.25) is 0 Å². The van der Waals surface area contributed by atoms with Gasteiger partial charge in [0.05, 0.1) is 0 Å². The first-order valence-corrected chi connectivity index (χ1v) is 5.60. The average Bonchev–Trinajstić information content (AvgIpc) is 2.65. The quantitative estimate of drug-likeness (QED) is 0.809. The topological polar surface area (TPSA) is 28.2 Å². The predicted octanol–water partition coefficient (Wildman–Crippen LogP) is 1.44. The SMILES string of the molecule is C[C@@H](N[C@H]1CCN(C)C1)c1cccnc1. The molecule has 0 unspecified atom stereocenters. The van der Waals surface area contributed by atoms with E-state index in [1.807, 2.05) is 18.5 Å². The Labute approximate surface area is 91.5 Å². The normalized spacial score (nSPS) is 24.3. The van der Waals surface area contributed by atoms with E-state index in [2.05, 4.69) is 35.2 Å². The van der Waals surface area contributed by atoms with Gasteiger partial charge < -0.3 is 10.2 Å². The Hall–Kier alpha value is -0.930. The number of rotatable bonds is 3. The standard InChI is InChI=1S/C12H19N3/c1-10(11-4-3-6-13-8-11)14-12-5-7-15(2)9-12/h3-4,6,8,10,12,14H,5,7,9H2,1-2H3/t10-,12+/m1/s1. The summed E-state index contributed by atoms with van der Waals surface area (Å²) in [5.41, 5.74) is 1.27. The minimum Gasteiger partial charge on any atom is -0.306 e. The Balaban J connectivity index is 1.90. The summed E-state index contributed by atoms with van der Waals surface area (Å²) in [5, 5.41) is 3.64. The van der Waals surface area contributed by atoms with Crippen molar-refractivity contribution in [1.82, 2.24) is 15.2 Å². The van der Waals surface area contributed by atoms with Gasteiger partial charge >= 0.3 is 0 Å². The number of pyridine rings is 1. The van der Waals surface area contributed by atoms with Gasteiger partial charge in [-0.1, -0.05) is 6.07 Å². The molecule has 1 N–H and O–H groups in total. The highest BCUT2D eigenvalue weighted by Gasteiger charge is 2.20. The van der Waals surface area contributed by atoms with E-state index in [0.29, 0.717) is 12.1 Å². The molecule has 1 aromatic rings. The van der Waals surface area contributed by atoms with Crippen molar-refractivity contribution in [2.24, 2.45) is 0 Å². The summed E-state index contributed by atoms with van der Waals surface area (Å²) in [6, 6.07) is 5.15. The highest BCUT2D eigenvalue weighted by Crippen LogP contribution is 2.14. The summed E-state index contributed by atoms with van der Waals surface area (Å²) >= 11 is 0. The summed E-state index contributed by atoms with van der Waals surface area (Å²) in [4.78, 5) is 6.51. The fourth-order valence-electron chi connectivity index (χ4n) is 2.15. The van der Waals surface area contributed by atoms with Gasteiger partial charge in [-0.15, -0.1) is 0 Å². The van der Waals surface area contributed by atoms with Gasteiger partial charge in [-0.05, 0) is 38.6 Å². The summed E-state index contributed by atoms with van der Waals surface area (Å²) in [5.74, 6) is 0. The monoisotopic (exact) mass is 205 g/mol. The van der Waals surface area contributed by atoms with Crippen LogP contribution in [0, 0.1) is 0 Å². The van der Waals surface area contributed by atoms with Gasteiger partial charge in [-0.2, -0.15) is 0 Å². The highest BCUT2D eigenvalue weighted by atomic mass is 15.2. The molecule has 0 spiro atoms. The number of hydrogen-bond donors (Lipinski definition) is 1. The van der Waals surface area contributed by atoms with Crippen molar-refractivity contribution < 1.29 is 0 Å². The van der Waals surface area contributed by atoms with Crippen LogP contribution >= 0.6 is 0 Å². The van der Waals surface area contributed by atoms with Crippen LogP contribution in [-0.4, -0.2) is 36.1 Å². The molecule has 1 saturated heterocycles. The maximum absolute atomic E-state index is 4.14. The van der Waals surface area contributed by atoms with Gasteiger partial charge in [0.25, 0.3) is 0 Å². The van der Waals surface area contributed by atoms with Crippen molar-refractivity contribution in [3.8, 4) is 0 Å². The van der Waals surface area contributed by atoms with Crippen molar-refractivity contribution >= 4 is 0 Å². The second kappa shape index (κ2) is 4.73. The van der Waals surface area contributed by atoms with E-state index < -0.39 is 0 Å². The molecule has 1 aliphatic rings. The van der Waals surface area contributed by atoms with Gasteiger partial charge in [0.1, 0.15) is 0 Å². The molecule has 0 aliphatic carbocycles. The second-order valence-electron chi connectivity index (χ2n) is 4.42. The summed E-state index contributed by atoms with van der Waals surface area (Å²) in [6.07, 6.45) is 5.01. The number of nitrogens with zero attached hydrogens (tertiary/aromatic N) is 2. The van der Waals surface area contributed by atoms with E-state index >= 15 is 0 Å². The van der Waals surface area contributed by atoms with Crippen LogP contribution in [0.4, 0.5) is 0 Å². The number of likely N-dealkylation sites (N-methyl/N-ethyl adjacent to an activating group) is 1. The third kappa shape index (κ3) is 2.76. The molecule has 0 amide bonds. The first kappa shape index (κ1) is 10.6. The molecule has 3 heteroatoms. The molecule has 2 rings (SSSR count). The number of aromatic nitrogens is 1. The van der Waals surface area contributed by atoms with Gasteiger partial charge in [-0.3, -0.25) is 4.98 Å². The lowest BCUT2D eigenvalue weighted by atomic mass is 10.1. The zero-order valence-corrected chi connectivity index (χ0v) is 9.48. The minimum atomic E-state index is 0.398. The van der Waals surface area contributed by atoms with Crippen molar-refractivity contribution in [2.75, 3.05) is 20.1 Å². The lowest BCUT2D eigenvalue weighted by Crippen LogP contribution is -2.33. The molecule has 1 aliphatic heterocycles. The molecule has 2 atom stereocenters. The van der Waals surface area contributed by atoms with E-state index in [0.717, 1.165) is 6.54 Å². The zero-order valence-electron chi connectivity index (χ0n) is 9.48. The number of likely N-dealkylation sites (tertiary alicyclic amines) is 1. The van der Waals surface area contributed by atoms with Crippen LogP contribution in [0.5, 0.6) is 0 Å². The van der Waals surface area contributed by atoms with Crippen LogP contribution in [0.3, 0.4) is 0 Å². The summed E-state index contributed by atoms with van der Waals surface area (Å²) in [7, 11) is 2.18. The summed E-state index contributed by atoms with van der Waals surface area (Å²) in [6.45, 7) is 4.57. The van der Waals surface area contributed by atoms with E-state index in [4.69, 9.17) is 0 Å². The van der Waals surface area contributed by atoms with E-state index in [-0.39, 0.29) is 0 Å². The number of nitrogens with one attached hydrogen (secondary N) is 1. The van der Waals surface area contributed by atoms with Crippen molar-refractivity contribution in [3.63, 3.8) is 0 Å². The first-order valence-electron chi connectivity index (χ1n) is 5.60. The molecule has 0 saturated carbocycles.